The van der Waals surface area contributed by atoms with Gasteiger partial charge in [0.2, 0.25) is 0 Å². The van der Waals surface area contributed by atoms with Gasteiger partial charge in [0.25, 0.3) is 0 Å². The molecule has 2 rings (SSSR count). The van der Waals surface area contributed by atoms with Crippen molar-refractivity contribution in [1.29, 1.82) is 0 Å². The van der Waals surface area contributed by atoms with E-state index in [1.807, 2.05) is 22.2 Å². The van der Waals surface area contributed by atoms with E-state index in [2.05, 4.69) is 28.0 Å². The van der Waals surface area contributed by atoms with Crippen LogP contribution in [0.3, 0.4) is 0 Å². The summed E-state index contributed by atoms with van der Waals surface area (Å²) >= 11 is 5.14. The summed E-state index contributed by atoms with van der Waals surface area (Å²) in [5.74, 6) is 0. The minimum Gasteiger partial charge on any atom is -0.386 e. The van der Waals surface area contributed by atoms with E-state index in [9.17, 15) is 5.11 Å². The van der Waals surface area contributed by atoms with Crippen molar-refractivity contribution < 1.29 is 5.11 Å². The molecule has 0 saturated carbocycles. The van der Waals surface area contributed by atoms with Crippen LogP contribution in [-0.4, -0.2) is 14.9 Å². The first kappa shape index (κ1) is 12.8. The summed E-state index contributed by atoms with van der Waals surface area (Å²) in [7, 11) is 0. The number of aromatic nitrogens is 2. The monoisotopic (exact) mass is 314 g/mol. The first-order chi connectivity index (χ1) is 8.22. The predicted octanol–water partition coefficient (Wildman–Crippen LogP) is 3.39. The van der Waals surface area contributed by atoms with Gasteiger partial charge in [-0.3, -0.25) is 4.68 Å². The molecule has 0 fully saturated rings. The van der Waals surface area contributed by atoms with E-state index >= 15 is 0 Å². The first-order valence-electron chi connectivity index (χ1n) is 5.64. The van der Waals surface area contributed by atoms with Crippen LogP contribution in [-0.2, 0) is 13.0 Å². The van der Waals surface area contributed by atoms with Crippen molar-refractivity contribution in [2.24, 2.45) is 0 Å². The molecule has 0 aliphatic rings. The molecule has 2 aromatic rings. The van der Waals surface area contributed by atoms with Gasteiger partial charge in [-0.05, 0) is 39.9 Å². The second-order valence-corrected chi connectivity index (χ2v) is 5.75. The second-order valence-electron chi connectivity index (χ2n) is 3.89. The third-order valence-corrected chi connectivity index (χ3v) is 4.54. The van der Waals surface area contributed by atoms with Crippen molar-refractivity contribution in [2.75, 3.05) is 0 Å². The number of aliphatic hydroxyl groups is 1. The van der Waals surface area contributed by atoms with E-state index in [4.69, 9.17) is 0 Å². The normalized spacial score (nSPS) is 12.9. The Morgan fingerprint density at radius 1 is 1.53 bits per heavy atom. The van der Waals surface area contributed by atoms with E-state index in [0.29, 0.717) is 6.42 Å². The molecule has 92 valence electrons. The Labute approximate surface area is 113 Å². The minimum absolute atomic E-state index is 0.487. The lowest BCUT2D eigenvalue weighted by Gasteiger charge is -2.12. The molecule has 0 saturated heterocycles. The van der Waals surface area contributed by atoms with Gasteiger partial charge in [-0.25, -0.2) is 0 Å². The Morgan fingerprint density at radius 3 is 3.00 bits per heavy atom. The fraction of sp³-hybridized carbons (Fsp3) is 0.417. The van der Waals surface area contributed by atoms with E-state index < -0.39 is 6.10 Å². The van der Waals surface area contributed by atoms with Crippen LogP contribution < -0.4 is 0 Å². The van der Waals surface area contributed by atoms with E-state index in [0.717, 1.165) is 23.1 Å². The summed E-state index contributed by atoms with van der Waals surface area (Å²) in [5, 5.41) is 16.5. The summed E-state index contributed by atoms with van der Waals surface area (Å²) in [6, 6.07) is 3.90. The third-order valence-electron chi connectivity index (χ3n) is 2.60. The summed E-state index contributed by atoms with van der Waals surface area (Å²) in [6.07, 6.45) is 2.91. The Hall–Kier alpha value is -0.650. The SMILES string of the molecule is CCCn1nccc1C(O)Cc1sccc1Br. The van der Waals surface area contributed by atoms with Crippen LogP contribution in [0.2, 0.25) is 0 Å². The average molecular weight is 315 g/mol. The highest BCUT2D eigenvalue weighted by Crippen LogP contribution is 2.28. The number of rotatable bonds is 5. The Balaban J connectivity index is 2.11. The van der Waals surface area contributed by atoms with Gasteiger partial charge in [-0.1, -0.05) is 6.92 Å². The Bertz CT molecular complexity index is 480. The topological polar surface area (TPSA) is 38.0 Å². The Morgan fingerprint density at radius 2 is 2.35 bits per heavy atom. The maximum absolute atomic E-state index is 10.2. The van der Waals surface area contributed by atoms with E-state index in [1.165, 1.54) is 4.88 Å². The molecule has 0 aromatic carbocycles. The largest absolute Gasteiger partial charge is 0.386 e. The zero-order valence-electron chi connectivity index (χ0n) is 9.64. The fourth-order valence-electron chi connectivity index (χ4n) is 1.78. The molecule has 0 aliphatic heterocycles. The molecule has 5 heteroatoms. The lowest BCUT2D eigenvalue weighted by Crippen LogP contribution is -2.10. The maximum atomic E-state index is 10.2. The molecule has 1 N–H and O–H groups in total. The Kier molecular flexibility index (Phi) is 4.36. The quantitative estimate of drug-likeness (QED) is 0.918. The standard InChI is InChI=1S/C12H15BrN2OS/c1-2-6-15-10(3-5-14-15)11(16)8-12-9(13)4-7-17-12/h3-5,7,11,16H,2,6,8H2,1H3. The molecule has 1 atom stereocenters. The smallest absolute Gasteiger partial charge is 0.100 e. The van der Waals surface area contributed by atoms with Gasteiger partial charge in [-0.15, -0.1) is 11.3 Å². The van der Waals surface area contributed by atoms with Crippen LogP contribution >= 0.6 is 27.3 Å². The van der Waals surface area contributed by atoms with Gasteiger partial charge < -0.3 is 5.11 Å². The van der Waals surface area contributed by atoms with Crippen LogP contribution in [0.5, 0.6) is 0 Å². The van der Waals surface area contributed by atoms with Gasteiger partial charge in [0, 0.05) is 28.5 Å². The fourth-order valence-corrected chi connectivity index (χ4v) is 3.33. The van der Waals surface area contributed by atoms with E-state index in [-0.39, 0.29) is 0 Å². The molecule has 3 nitrogen and oxygen atoms in total. The van der Waals surface area contributed by atoms with Crippen molar-refractivity contribution in [1.82, 2.24) is 9.78 Å². The van der Waals surface area contributed by atoms with Gasteiger partial charge in [0.05, 0.1) is 5.69 Å². The third kappa shape index (κ3) is 2.97. The maximum Gasteiger partial charge on any atom is 0.100 e. The minimum atomic E-state index is -0.487. The van der Waals surface area contributed by atoms with Crippen molar-refractivity contribution in [3.8, 4) is 0 Å². The van der Waals surface area contributed by atoms with Gasteiger partial charge in [0.15, 0.2) is 0 Å². The van der Waals surface area contributed by atoms with Crippen LogP contribution in [0.1, 0.15) is 30.0 Å². The summed E-state index contributed by atoms with van der Waals surface area (Å²) in [5.41, 5.74) is 0.896. The summed E-state index contributed by atoms with van der Waals surface area (Å²) in [6.45, 7) is 2.96. The van der Waals surface area contributed by atoms with Crippen molar-refractivity contribution >= 4 is 27.3 Å². The molecule has 0 spiro atoms. The number of hydrogen-bond donors (Lipinski definition) is 1. The summed E-state index contributed by atoms with van der Waals surface area (Å²) in [4.78, 5) is 1.17. The van der Waals surface area contributed by atoms with Crippen LogP contribution in [0, 0.1) is 0 Å². The van der Waals surface area contributed by atoms with Crippen molar-refractivity contribution in [3.63, 3.8) is 0 Å². The lowest BCUT2D eigenvalue weighted by atomic mass is 10.1. The molecule has 0 aliphatic carbocycles. The zero-order valence-corrected chi connectivity index (χ0v) is 12.0. The highest BCUT2D eigenvalue weighted by atomic mass is 79.9. The van der Waals surface area contributed by atoms with Crippen LogP contribution in [0.25, 0.3) is 0 Å². The number of thiophene rings is 1. The van der Waals surface area contributed by atoms with Gasteiger partial charge in [0.1, 0.15) is 6.10 Å². The molecular weight excluding hydrogens is 300 g/mol. The molecule has 17 heavy (non-hydrogen) atoms. The van der Waals surface area contributed by atoms with Crippen LogP contribution in [0.4, 0.5) is 0 Å². The molecule has 0 amide bonds. The lowest BCUT2D eigenvalue weighted by molar-refractivity contribution is 0.167. The highest BCUT2D eigenvalue weighted by Gasteiger charge is 2.15. The van der Waals surface area contributed by atoms with Gasteiger partial charge >= 0.3 is 0 Å². The second kappa shape index (κ2) is 5.80. The van der Waals surface area contributed by atoms with E-state index in [1.54, 1.807) is 17.5 Å². The number of nitrogens with zero attached hydrogens (tertiary/aromatic N) is 2. The molecule has 0 radical (unpaired) electrons. The van der Waals surface area contributed by atoms with Gasteiger partial charge in [-0.2, -0.15) is 5.10 Å². The van der Waals surface area contributed by atoms with Crippen molar-refractivity contribution in [3.05, 3.63) is 38.8 Å². The molecule has 2 heterocycles. The number of halogens is 1. The highest BCUT2D eigenvalue weighted by molar-refractivity contribution is 9.10. The average Bonchev–Trinajstić information content (AvgIpc) is 2.89. The molecular formula is C12H15BrN2OS. The molecule has 2 aromatic heterocycles. The molecule has 0 bridgehead atoms. The number of hydrogen-bond acceptors (Lipinski definition) is 3. The summed E-state index contributed by atoms with van der Waals surface area (Å²) < 4.78 is 2.95. The number of aliphatic hydroxyl groups excluding tert-OH is 1. The predicted molar refractivity (Wildman–Crippen MR) is 73.2 cm³/mol. The van der Waals surface area contributed by atoms with Crippen LogP contribution in [0.15, 0.2) is 28.2 Å². The zero-order chi connectivity index (χ0) is 12.3. The number of aryl methyl sites for hydroxylation is 1. The first-order valence-corrected chi connectivity index (χ1v) is 7.31. The molecule has 1 unspecified atom stereocenters. The van der Waals surface area contributed by atoms with Crippen molar-refractivity contribution in [2.45, 2.75) is 32.4 Å².